The molecule has 0 bridgehead atoms. The Morgan fingerprint density at radius 2 is 1.74 bits per heavy atom. The van der Waals surface area contributed by atoms with E-state index in [1.165, 1.54) is 0 Å². The lowest BCUT2D eigenvalue weighted by atomic mass is 10.0. The number of para-hydroxylation sites is 2. The molecule has 0 radical (unpaired) electrons. The average Bonchev–Trinajstić information content (AvgIpc) is 3.40. The zero-order valence-electron chi connectivity index (χ0n) is 16.3. The van der Waals surface area contributed by atoms with Crippen LogP contribution in [0.2, 0.25) is 5.02 Å². The number of anilines is 1. The number of phenols is 1. The van der Waals surface area contributed by atoms with Gasteiger partial charge in [-0.25, -0.2) is 0 Å². The number of rotatable bonds is 4. The number of nitrogens with zero attached hydrogens (tertiary/aromatic N) is 2. The van der Waals surface area contributed by atoms with Gasteiger partial charge in [-0.15, -0.1) is 0 Å². The van der Waals surface area contributed by atoms with Crippen molar-refractivity contribution >= 4 is 34.6 Å². The minimum absolute atomic E-state index is 0.141. The van der Waals surface area contributed by atoms with Crippen molar-refractivity contribution in [2.75, 3.05) is 4.90 Å². The Kier molecular flexibility index (Phi) is 5.10. The Morgan fingerprint density at radius 1 is 0.968 bits per heavy atom. The zero-order chi connectivity index (χ0) is 21.4. The zero-order valence-corrected chi connectivity index (χ0v) is 17.8. The Morgan fingerprint density at radius 3 is 2.48 bits per heavy atom. The van der Waals surface area contributed by atoms with E-state index < -0.39 is 0 Å². The van der Waals surface area contributed by atoms with Crippen molar-refractivity contribution in [2.45, 2.75) is 12.1 Å². The third kappa shape index (κ3) is 3.65. The minimum atomic E-state index is -0.336. The van der Waals surface area contributed by atoms with E-state index in [0.717, 1.165) is 17.0 Å². The number of pyridine rings is 1. The number of phenolic OH excluding ortho intramolecular Hbond substituents is 1. The summed E-state index contributed by atoms with van der Waals surface area (Å²) in [4.78, 5) is 6.41. The lowest BCUT2D eigenvalue weighted by molar-refractivity contribution is 0.434. The standard InChI is InChI=1S/C24H18ClN3O2S/c25-16-10-8-15(9-11-16)20-12-13-21(30-20)23-22(17-5-3-4-14-26-17)27-24(31)28(23)18-6-1-2-7-19(18)29/h1-14,22-23,29H,(H,27,31)/t22-,23-/m1/s1. The van der Waals surface area contributed by atoms with Gasteiger partial charge in [0.25, 0.3) is 0 Å². The van der Waals surface area contributed by atoms with Crippen molar-refractivity contribution in [2.24, 2.45) is 0 Å². The van der Waals surface area contributed by atoms with E-state index in [-0.39, 0.29) is 17.8 Å². The molecule has 7 heteroatoms. The second kappa shape index (κ2) is 8.06. The molecule has 0 amide bonds. The highest BCUT2D eigenvalue weighted by molar-refractivity contribution is 7.80. The molecule has 154 valence electrons. The van der Waals surface area contributed by atoms with Gasteiger partial charge in [0, 0.05) is 16.8 Å². The van der Waals surface area contributed by atoms with E-state index >= 15 is 0 Å². The molecule has 31 heavy (non-hydrogen) atoms. The minimum Gasteiger partial charge on any atom is -0.506 e. The normalized spacial score (nSPS) is 18.2. The fraction of sp³-hybridized carbons (Fsp3) is 0.0833. The van der Waals surface area contributed by atoms with Crippen LogP contribution in [0.25, 0.3) is 11.3 Å². The summed E-state index contributed by atoms with van der Waals surface area (Å²) in [6.45, 7) is 0. The van der Waals surface area contributed by atoms with Gasteiger partial charge in [-0.05, 0) is 72.9 Å². The molecule has 1 aliphatic heterocycles. The van der Waals surface area contributed by atoms with Gasteiger partial charge in [0.2, 0.25) is 0 Å². The molecule has 4 aromatic rings. The van der Waals surface area contributed by atoms with Gasteiger partial charge < -0.3 is 19.7 Å². The van der Waals surface area contributed by atoms with Gasteiger partial charge in [0.1, 0.15) is 23.3 Å². The Labute approximate surface area is 189 Å². The van der Waals surface area contributed by atoms with E-state index in [1.54, 1.807) is 18.3 Å². The lowest BCUT2D eigenvalue weighted by Gasteiger charge is -2.26. The van der Waals surface area contributed by atoms with E-state index in [1.807, 2.05) is 71.6 Å². The van der Waals surface area contributed by atoms with Crippen LogP contribution in [0, 0.1) is 0 Å². The van der Waals surface area contributed by atoms with E-state index in [2.05, 4.69) is 10.3 Å². The van der Waals surface area contributed by atoms with Crippen LogP contribution in [0.1, 0.15) is 23.5 Å². The molecule has 1 fully saturated rings. The highest BCUT2D eigenvalue weighted by Crippen LogP contribution is 2.45. The predicted molar refractivity (Wildman–Crippen MR) is 125 cm³/mol. The first-order valence-corrected chi connectivity index (χ1v) is 10.5. The SMILES string of the molecule is Oc1ccccc1N1C(=S)N[C@H](c2ccccn2)[C@H]1c1ccc(-c2ccc(Cl)cc2)o1. The van der Waals surface area contributed by atoms with Gasteiger partial charge >= 0.3 is 0 Å². The van der Waals surface area contributed by atoms with E-state index in [4.69, 9.17) is 28.2 Å². The Hall–Kier alpha value is -3.35. The smallest absolute Gasteiger partial charge is 0.174 e. The molecule has 0 saturated carbocycles. The first-order valence-electron chi connectivity index (χ1n) is 9.76. The summed E-state index contributed by atoms with van der Waals surface area (Å²) in [6, 6.07) is 23.7. The summed E-state index contributed by atoms with van der Waals surface area (Å²) in [5, 5.41) is 15.0. The maximum Gasteiger partial charge on any atom is 0.174 e. The van der Waals surface area contributed by atoms with Gasteiger partial charge in [0.15, 0.2) is 5.11 Å². The number of thiocarbonyl (C=S) groups is 1. The lowest BCUT2D eigenvalue weighted by Crippen LogP contribution is -2.29. The molecule has 2 aromatic carbocycles. The van der Waals surface area contributed by atoms with Crippen molar-refractivity contribution in [1.29, 1.82) is 0 Å². The van der Waals surface area contributed by atoms with E-state index in [9.17, 15) is 5.11 Å². The Bertz CT molecular complexity index is 1230. The monoisotopic (exact) mass is 447 g/mol. The molecule has 3 heterocycles. The average molecular weight is 448 g/mol. The molecule has 1 aliphatic rings. The number of hydrogen-bond acceptors (Lipinski definition) is 4. The first-order chi connectivity index (χ1) is 15.1. The van der Waals surface area contributed by atoms with Crippen LogP contribution in [0.5, 0.6) is 5.75 Å². The number of halogens is 1. The summed E-state index contributed by atoms with van der Waals surface area (Å²) >= 11 is 11.7. The van der Waals surface area contributed by atoms with Crippen LogP contribution in [0.3, 0.4) is 0 Å². The van der Waals surface area contributed by atoms with Crippen molar-refractivity contribution in [3.63, 3.8) is 0 Å². The second-order valence-corrected chi connectivity index (χ2v) is 8.02. The topological polar surface area (TPSA) is 61.5 Å². The summed E-state index contributed by atoms with van der Waals surface area (Å²) in [5.74, 6) is 1.57. The molecule has 5 rings (SSSR count). The van der Waals surface area contributed by atoms with Crippen molar-refractivity contribution in [1.82, 2.24) is 10.3 Å². The third-order valence-corrected chi connectivity index (χ3v) is 5.85. The number of hydrogen-bond donors (Lipinski definition) is 2. The van der Waals surface area contributed by atoms with Crippen molar-refractivity contribution in [3.05, 3.63) is 102 Å². The maximum absolute atomic E-state index is 10.5. The van der Waals surface area contributed by atoms with Gasteiger partial charge in [0.05, 0.1) is 17.4 Å². The molecule has 0 spiro atoms. The molecular formula is C24H18ClN3O2S. The fourth-order valence-electron chi connectivity index (χ4n) is 3.85. The molecule has 2 aromatic heterocycles. The van der Waals surface area contributed by atoms with E-state index in [0.29, 0.717) is 21.6 Å². The molecule has 5 nitrogen and oxygen atoms in total. The summed E-state index contributed by atoms with van der Waals surface area (Å²) in [7, 11) is 0. The molecule has 2 atom stereocenters. The van der Waals surface area contributed by atoms with Crippen LogP contribution in [0.4, 0.5) is 5.69 Å². The second-order valence-electron chi connectivity index (χ2n) is 7.19. The molecular weight excluding hydrogens is 430 g/mol. The number of aromatic nitrogens is 1. The van der Waals surface area contributed by atoms with Crippen LogP contribution in [0.15, 0.2) is 89.5 Å². The molecule has 2 N–H and O–H groups in total. The van der Waals surface area contributed by atoms with Crippen molar-refractivity contribution < 1.29 is 9.52 Å². The summed E-state index contributed by atoms with van der Waals surface area (Å²) in [6.07, 6.45) is 1.75. The molecule has 0 aliphatic carbocycles. The number of benzene rings is 2. The van der Waals surface area contributed by atoms with Gasteiger partial charge in [-0.1, -0.05) is 29.8 Å². The van der Waals surface area contributed by atoms with Crippen LogP contribution in [-0.2, 0) is 0 Å². The molecule has 0 unspecified atom stereocenters. The predicted octanol–water partition coefficient (Wildman–Crippen LogP) is 5.88. The van der Waals surface area contributed by atoms with Crippen molar-refractivity contribution in [3.8, 4) is 17.1 Å². The number of nitrogens with one attached hydrogen (secondary N) is 1. The number of aromatic hydroxyl groups is 1. The largest absolute Gasteiger partial charge is 0.506 e. The first kappa shape index (κ1) is 19.6. The van der Waals surface area contributed by atoms with Crippen LogP contribution < -0.4 is 10.2 Å². The Balaban J connectivity index is 1.61. The third-order valence-electron chi connectivity index (χ3n) is 5.29. The highest BCUT2D eigenvalue weighted by atomic mass is 35.5. The maximum atomic E-state index is 10.5. The molecule has 1 saturated heterocycles. The van der Waals surface area contributed by atoms with Gasteiger partial charge in [-0.3, -0.25) is 4.98 Å². The quantitative estimate of drug-likeness (QED) is 0.381. The fourth-order valence-corrected chi connectivity index (χ4v) is 4.32. The van der Waals surface area contributed by atoms with Crippen LogP contribution >= 0.6 is 23.8 Å². The van der Waals surface area contributed by atoms with Crippen LogP contribution in [-0.4, -0.2) is 15.2 Å². The highest BCUT2D eigenvalue weighted by Gasteiger charge is 2.43. The summed E-state index contributed by atoms with van der Waals surface area (Å²) < 4.78 is 6.29. The summed E-state index contributed by atoms with van der Waals surface area (Å²) in [5.41, 5.74) is 2.36. The number of furan rings is 1. The van der Waals surface area contributed by atoms with Gasteiger partial charge in [-0.2, -0.15) is 0 Å².